The number of nitrogens with one attached hydrogen (secondary N) is 1. The van der Waals surface area contributed by atoms with Gasteiger partial charge in [-0.2, -0.15) is 0 Å². The third-order valence-corrected chi connectivity index (χ3v) is 6.27. The molecule has 0 saturated carbocycles. The minimum atomic E-state index is -0.341. The summed E-state index contributed by atoms with van der Waals surface area (Å²) in [4.78, 5) is 19.4. The van der Waals surface area contributed by atoms with E-state index in [1.165, 1.54) is 0 Å². The van der Waals surface area contributed by atoms with E-state index in [9.17, 15) is 9.90 Å². The highest BCUT2D eigenvalue weighted by Gasteiger charge is 2.29. The molecule has 7 nitrogen and oxygen atoms in total. The molecular weight excluding hydrogens is 390 g/mol. The van der Waals surface area contributed by atoms with Crippen molar-refractivity contribution in [2.45, 2.75) is 12.6 Å². The van der Waals surface area contributed by atoms with E-state index in [1.807, 2.05) is 30.3 Å². The van der Waals surface area contributed by atoms with Crippen molar-refractivity contribution < 1.29 is 19.4 Å². The van der Waals surface area contributed by atoms with E-state index in [-0.39, 0.29) is 17.7 Å². The number of aromatic nitrogens is 1. The largest absolute Gasteiger partial charge is 0.504 e. The van der Waals surface area contributed by atoms with E-state index in [1.54, 1.807) is 22.3 Å². The number of para-hydroxylation sites is 1. The number of benzene rings is 2. The fourth-order valence-electron chi connectivity index (χ4n) is 3.75. The number of fused-ring (bicyclic) bond motifs is 2. The van der Waals surface area contributed by atoms with Gasteiger partial charge in [0.25, 0.3) is 0 Å². The molecule has 5 rings (SSSR count). The van der Waals surface area contributed by atoms with Gasteiger partial charge in [-0.3, -0.25) is 4.79 Å². The molecular formula is C21H21N3O4S. The first kappa shape index (κ1) is 18.4. The lowest BCUT2D eigenvalue weighted by Gasteiger charge is -2.29. The number of aromatic hydroxyl groups is 1. The van der Waals surface area contributed by atoms with Crippen LogP contribution in [0.2, 0.25) is 0 Å². The molecule has 2 aliphatic rings. The van der Waals surface area contributed by atoms with Gasteiger partial charge in [-0.1, -0.05) is 12.1 Å². The SMILES string of the molecule is O=C([C@@H]1COCCN1)N1CCOc2c(O)cc(-c3nc4ccccc4s3)cc2C1. The summed E-state index contributed by atoms with van der Waals surface area (Å²) in [6.45, 7) is 2.83. The Morgan fingerprint density at radius 3 is 3.00 bits per heavy atom. The summed E-state index contributed by atoms with van der Waals surface area (Å²) in [6, 6.07) is 11.3. The summed E-state index contributed by atoms with van der Waals surface area (Å²) in [6.07, 6.45) is 0. The van der Waals surface area contributed by atoms with Crippen molar-refractivity contribution in [3.05, 3.63) is 42.0 Å². The van der Waals surface area contributed by atoms with Crippen molar-refractivity contribution in [1.82, 2.24) is 15.2 Å². The van der Waals surface area contributed by atoms with E-state index < -0.39 is 0 Å². The second-order valence-electron chi connectivity index (χ2n) is 7.16. The number of amides is 1. The number of nitrogens with zero attached hydrogens (tertiary/aromatic N) is 2. The van der Waals surface area contributed by atoms with Gasteiger partial charge < -0.3 is 24.8 Å². The van der Waals surface area contributed by atoms with Crippen LogP contribution in [0.4, 0.5) is 0 Å². The maximum Gasteiger partial charge on any atom is 0.242 e. The van der Waals surface area contributed by atoms with Gasteiger partial charge in [0, 0.05) is 24.2 Å². The molecule has 150 valence electrons. The van der Waals surface area contributed by atoms with Gasteiger partial charge in [0.05, 0.1) is 30.0 Å². The van der Waals surface area contributed by atoms with Crippen molar-refractivity contribution in [3.63, 3.8) is 0 Å². The summed E-state index contributed by atoms with van der Waals surface area (Å²) in [5.41, 5.74) is 2.53. The summed E-state index contributed by atoms with van der Waals surface area (Å²) in [5.74, 6) is 0.509. The Kier molecular flexibility index (Phi) is 4.83. The zero-order chi connectivity index (χ0) is 19.8. The zero-order valence-electron chi connectivity index (χ0n) is 15.8. The zero-order valence-corrected chi connectivity index (χ0v) is 16.6. The number of thiazole rings is 1. The Labute approximate surface area is 171 Å². The van der Waals surface area contributed by atoms with E-state index in [0.29, 0.717) is 45.2 Å². The Morgan fingerprint density at radius 1 is 1.28 bits per heavy atom. The van der Waals surface area contributed by atoms with Crippen LogP contribution in [0, 0.1) is 0 Å². The monoisotopic (exact) mass is 411 g/mol. The molecule has 0 unspecified atom stereocenters. The minimum Gasteiger partial charge on any atom is -0.504 e. The fraction of sp³-hybridized carbons (Fsp3) is 0.333. The summed E-state index contributed by atoms with van der Waals surface area (Å²) < 4.78 is 12.3. The molecule has 2 aromatic carbocycles. The highest BCUT2D eigenvalue weighted by molar-refractivity contribution is 7.21. The molecule has 1 aromatic heterocycles. The molecule has 3 heterocycles. The predicted octanol–water partition coefficient (Wildman–Crippen LogP) is 2.38. The molecule has 0 bridgehead atoms. The molecule has 0 spiro atoms. The summed E-state index contributed by atoms with van der Waals surface area (Å²) in [5, 5.41) is 14.6. The molecule has 1 fully saturated rings. The van der Waals surface area contributed by atoms with Gasteiger partial charge in [-0.05, 0) is 24.3 Å². The average molecular weight is 411 g/mol. The van der Waals surface area contributed by atoms with Gasteiger partial charge in [0.2, 0.25) is 5.91 Å². The lowest BCUT2D eigenvalue weighted by molar-refractivity contribution is -0.137. The van der Waals surface area contributed by atoms with Crippen molar-refractivity contribution in [2.24, 2.45) is 0 Å². The third-order valence-electron chi connectivity index (χ3n) is 5.19. The van der Waals surface area contributed by atoms with Gasteiger partial charge in [-0.25, -0.2) is 4.98 Å². The molecule has 2 N–H and O–H groups in total. The second-order valence-corrected chi connectivity index (χ2v) is 8.19. The van der Waals surface area contributed by atoms with Gasteiger partial charge in [-0.15, -0.1) is 11.3 Å². The van der Waals surface area contributed by atoms with E-state index in [0.717, 1.165) is 26.4 Å². The standard InChI is InChI=1S/C21H21N3O4S/c25-17-10-13(20-23-15-3-1-2-4-18(15)29-20)9-14-11-24(6-8-28-19(14)17)21(26)16-12-27-7-5-22-16/h1-4,9-10,16,22,25H,5-8,11-12H2/t16-/m0/s1. The first-order valence-electron chi connectivity index (χ1n) is 9.63. The van der Waals surface area contributed by atoms with Gasteiger partial charge >= 0.3 is 0 Å². The smallest absolute Gasteiger partial charge is 0.242 e. The molecule has 1 amide bonds. The number of carbonyl (C=O) groups is 1. The Balaban J connectivity index is 1.47. The van der Waals surface area contributed by atoms with E-state index in [4.69, 9.17) is 9.47 Å². The van der Waals surface area contributed by atoms with Gasteiger partial charge in [0.15, 0.2) is 11.5 Å². The Morgan fingerprint density at radius 2 is 2.17 bits per heavy atom. The number of morpholine rings is 1. The van der Waals surface area contributed by atoms with E-state index in [2.05, 4.69) is 10.3 Å². The van der Waals surface area contributed by atoms with Crippen molar-refractivity contribution in [3.8, 4) is 22.1 Å². The highest BCUT2D eigenvalue weighted by Crippen LogP contribution is 2.39. The van der Waals surface area contributed by atoms with Crippen molar-refractivity contribution >= 4 is 27.5 Å². The number of phenols is 1. The Bertz CT molecular complexity index is 1030. The average Bonchev–Trinajstić information content (AvgIpc) is 3.07. The first-order valence-corrected chi connectivity index (χ1v) is 10.5. The molecule has 0 radical (unpaired) electrons. The third kappa shape index (κ3) is 3.55. The minimum absolute atomic E-state index is 0.00831. The van der Waals surface area contributed by atoms with Crippen LogP contribution in [0.1, 0.15) is 5.56 Å². The molecule has 29 heavy (non-hydrogen) atoms. The summed E-state index contributed by atoms with van der Waals surface area (Å²) in [7, 11) is 0. The predicted molar refractivity (Wildman–Crippen MR) is 110 cm³/mol. The van der Waals surface area contributed by atoms with Crippen LogP contribution in [0.25, 0.3) is 20.8 Å². The second kappa shape index (κ2) is 7.62. The fourth-order valence-corrected chi connectivity index (χ4v) is 4.70. The molecule has 2 aliphatic heterocycles. The number of hydrogen-bond acceptors (Lipinski definition) is 7. The Hall–Kier alpha value is -2.68. The van der Waals surface area contributed by atoms with Crippen LogP contribution in [0.5, 0.6) is 11.5 Å². The van der Waals surface area contributed by atoms with Crippen LogP contribution >= 0.6 is 11.3 Å². The van der Waals surface area contributed by atoms with Crippen LogP contribution in [-0.2, 0) is 16.1 Å². The number of hydrogen-bond donors (Lipinski definition) is 2. The normalized spacial score (nSPS) is 19.4. The highest BCUT2D eigenvalue weighted by atomic mass is 32.1. The number of rotatable bonds is 2. The molecule has 1 saturated heterocycles. The lowest BCUT2D eigenvalue weighted by atomic mass is 10.1. The molecule has 3 aromatic rings. The van der Waals surface area contributed by atoms with Crippen LogP contribution < -0.4 is 10.1 Å². The maximum absolute atomic E-state index is 12.9. The molecule has 8 heteroatoms. The van der Waals surface area contributed by atoms with Crippen molar-refractivity contribution in [2.75, 3.05) is 32.9 Å². The van der Waals surface area contributed by atoms with E-state index >= 15 is 0 Å². The lowest BCUT2D eigenvalue weighted by Crippen LogP contribution is -2.52. The molecule has 1 atom stereocenters. The number of phenolic OH excluding ortho intramolecular Hbond substituents is 1. The maximum atomic E-state index is 12.9. The van der Waals surface area contributed by atoms with Crippen LogP contribution in [0.3, 0.4) is 0 Å². The van der Waals surface area contributed by atoms with Crippen LogP contribution in [-0.4, -0.2) is 59.8 Å². The first-order chi connectivity index (χ1) is 14.2. The number of ether oxygens (including phenoxy) is 2. The topological polar surface area (TPSA) is 83.9 Å². The van der Waals surface area contributed by atoms with Crippen LogP contribution in [0.15, 0.2) is 36.4 Å². The summed E-state index contributed by atoms with van der Waals surface area (Å²) >= 11 is 1.57. The quantitative estimate of drug-likeness (QED) is 0.674. The number of carbonyl (C=O) groups excluding carboxylic acids is 1. The molecule has 0 aliphatic carbocycles. The van der Waals surface area contributed by atoms with Gasteiger partial charge in [0.1, 0.15) is 17.7 Å². The van der Waals surface area contributed by atoms with Crippen molar-refractivity contribution in [1.29, 1.82) is 0 Å².